The van der Waals surface area contributed by atoms with Crippen LogP contribution in [0.4, 0.5) is 13.2 Å². The van der Waals surface area contributed by atoms with Crippen LogP contribution in [0.1, 0.15) is 52.9 Å². The number of carbonyl (C=O) groups excluding carboxylic acids is 1. The van der Waals surface area contributed by atoms with Gasteiger partial charge in [-0.1, -0.05) is 24.3 Å². The van der Waals surface area contributed by atoms with E-state index in [0.29, 0.717) is 27.8 Å². The number of carbonyl (C=O) groups is 1. The minimum atomic E-state index is -3.17. The number of methoxy groups -OCH3 is 1. The molecule has 34 heavy (non-hydrogen) atoms. The van der Waals surface area contributed by atoms with Crippen molar-refractivity contribution in [2.75, 3.05) is 18.6 Å². The summed E-state index contributed by atoms with van der Waals surface area (Å²) in [6, 6.07) is 4.31. The number of halogens is 3. The summed E-state index contributed by atoms with van der Waals surface area (Å²) in [5.74, 6) is -1.36. The molecule has 4 rings (SSSR count). The number of nitrogens with one attached hydrogen (secondary N) is 2. The van der Waals surface area contributed by atoms with Crippen LogP contribution in [-0.2, 0) is 9.84 Å². The number of nitrogens with zero attached hydrogens (tertiary/aromatic N) is 1. The highest BCUT2D eigenvalue weighted by Crippen LogP contribution is 2.38. The van der Waals surface area contributed by atoms with Gasteiger partial charge in [0.2, 0.25) is 0 Å². The minimum Gasteiger partial charge on any atom is -0.495 e. The zero-order valence-corrected chi connectivity index (χ0v) is 19.2. The first kappa shape index (κ1) is 23.8. The second-order valence-electron chi connectivity index (χ2n) is 8.00. The van der Waals surface area contributed by atoms with E-state index < -0.39 is 39.6 Å². The summed E-state index contributed by atoms with van der Waals surface area (Å²) in [7, 11) is -1.70. The zero-order chi connectivity index (χ0) is 24.6. The lowest BCUT2D eigenvalue weighted by Gasteiger charge is -2.20. The summed E-state index contributed by atoms with van der Waals surface area (Å²) in [6.45, 7) is 1.49. The fourth-order valence-electron chi connectivity index (χ4n) is 4.07. The molecule has 0 fully saturated rings. The van der Waals surface area contributed by atoms with Gasteiger partial charge in [0, 0.05) is 11.1 Å². The molecule has 1 aromatic heterocycles. The lowest BCUT2D eigenvalue weighted by atomic mass is 9.96. The van der Waals surface area contributed by atoms with E-state index in [1.54, 1.807) is 12.1 Å². The summed E-state index contributed by atoms with van der Waals surface area (Å²) in [5, 5.41) is 9.92. The first-order valence-electron chi connectivity index (χ1n) is 10.4. The van der Waals surface area contributed by atoms with E-state index in [9.17, 15) is 26.4 Å². The molecule has 1 atom stereocenters. The van der Waals surface area contributed by atoms with Gasteiger partial charge < -0.3 is 10.1 Å². The van der Waals surface area contributed by atoms with Crippen molar-refractivity contribution in [1.82, 2.24) is 15.5 Å². The minimum absolute atomic E-state index is 0.0241. The molecule has 7 nitrogen and oxygen atoms in total. The number of amides is 1. The van der Waals surface area contributed by atoms with Crippen molar-refractivity contribution in [1.29, 1.82) is 0 Å². The number of sulfone groups is 1. The monoisotopic (exact) mass is 493 g/mol. The third-order valence-corrected chi connectivity index (χ3v) is 7.36. The second kappa shape index (κ2) is 9.13. The Morgan fingerprint density at radius 2 is 2.00 bits per heavy atom. The van der Waals surface area contributed by atoms with Crippen LogP contribution in [-0.4, -0.2) is 43.1 Å². The molecule has 0 aliphatic carbocycles. The van der Waals surface area contributed by atoms with Crippen molar-refractivity contribution in [2.24, 2.45) is 0 Å². The van der Waals surface area contributed by atoms with E-state index in [0.717, 1.165) is 6.07 Å². The summed E-state index contributed by atoms with van der Waals surface area (Å²) >= 11 is 0. The lowest BCUT2D eigenvalue weighted by Crippen LogP contribution is -2.28. The van der Waals surface area contributed by atoms with E-state index in [2.05, 4.69) is 15.5 Å². The Labute approximate surface area is 193 Å². The molecule has 1 aliphatic heterocycles. The Kier molecular flexibility index (Phi) is 6.39. The molecule has 0 unspecified atom stereocenters. The number of hydrogen-bond donors (Lipinski definition) is 2. The fourth-order valence-corrected chi connectivity index (χ4v) is 5.23. The molecule has 1 aliphatic rings. The molecule has 3 aromatic rings. The Hall–Kier alpha value is -3.34. The van der Waals surface area contributed by atoms with Crippen molar-refractivity contribution in [3.8, 4) is 5.75 Å². The third kappa shape index (κ3) is 4.39. The number of aromatic nitrogens is 2. The highest BCUT2D eigenvalue weighted by Gasteiger charge is 2.26. The van der Waals surface area contributed by atoms with E-state index in [1.165, 1.54) is 32.4 Å². The van der Waals surface area contributed by atoms with Crippen LogP contribution in [0, 0.1) is 5.82 Å². The highest BCUT2D eigenvalue weighted by atomic mass is 32.2. The summed E-state index contributed by atoms with van der Waals surface area (Å²) in [5.41, 5.74) is 1.01. The lowest BCUT2D eigenvalue weighted by molar-refractivity contribution is 0.0940. The van der Waals surface area contributed by atoms with E-state index in [1.807, 2.05) is 0 Å². The van der Waals surface area contributed by atoms with Gasteiger partial charge in [-0.25, -0.2) is 21.6 Å². The van der Waals surface area contributed by atoms with E-state index in [-0.39, 0.29) is 29.1 Å². The zero-order valence-electron chi connectivity index (χ0n) is 18.4. The molecule has 0 radical (unpaired) electrons. The Morgan fingerprint density at radius 1 is 1.26 bits per heavy atom. The Bertz CT molecular complexity index is 1400. The maximum Gasteiger partial charge on any atom is 0.266 e. The second-order valence-corrected chi connectivity index (χ2v) is 10.2. The Morgan fingerprint density at radius 3 is 2.65 bits per heavy atom. The van der Waals surface area contributed by atoms with Crippen LogP contribution < -0.4 is 10.1 Å². The van der Waals surface area contributed by atoms with Gasteiger partial charge >= 0.3 is 0 Å². The number of rotatable bonds is 6. The highest BCUT2D eigenvalue weighted by molar-refractivity contribution is 7.91. The average molecular weight is 494 g/mol. The SMILES string of the molecule is COc1c(C2=CCS(=O)(=O)CC2)cc(C(=O)N[C@H](C)c2cccc(C(F)F)c2F)c2[nH]ncc12. The molecule has 180 valence electrons. The molecule has 0 bridgehead atoms. The molecule has 0 saturated heterocycles. The maximum atomic E-state index is 14.6. The summed E-state index contributed by atoms with van der Waals surface area (Å²) < 4.78 is 70.0. The normalized spacial score (nSPS) is 16.4. The van der Waals surface area contributed by atoms with Crippen molar-refractivity contribution >= 4 is 32.2 Å². The molecular formula is C23H22F3N3O4S. The van der Waals surface area contributed by atoms with E-state index in [4.69, 9.17) is 4.74 Å². The number of alkyl halides is 2. The van der Waals surface area contributed by atoms with Gasteiger partial charge in [0.05, 0.1) is 52.9 Å². The number of allylic oxidation sites excluding steroid dienone is 1. The molecular weight excluding hydrogens is 471 g/mol. The predicted octanol–water partition coefficient (Wildman–Crippen LogP) is 4.34. The van der Waals surface area contributed by atoms with Gasteiger partial charge in [-0.3, -0.25) is 9.89 Å². The molecule has 0 saturated carbocycles. The quantitative estimate of drug-likeness (QED) is 0.532. The number of H-pyrrole nitrogens is 1. The number of fused-ring (bicyclic) bond motifs is 1. The van der Waals surface area contributed by atoms with Crippen molar-refractivity contribution < 1.29 is 31.1 Å². The van der Waals surface area contributed by atoms with Gasteiger partial charge in [0.25, 0.3) is 12.3 Å². The van der Waals surface area contributed by atoms with Crippen molar-refractivity contribution in [3.05, 3.63) is 64.6 Å². The summed E-state index contributed by atoms with van der Waals surface area (Å²) in [4.78, 5) is 13.2. The molecule has 2 aromatic carbocycles. The van der Waals surface area contributed by atoms with Gasteiger partial charge in [-0.2, -0.15) is 5.10 Å². The topological polar surface area (TPSA) is 101 Å². The van der Waals surface area contributed by atoms with Crippen LogP contribution >= 0.6 is 0 Å². The van der Waals surface area contributed by atoms with Crippen molar-refractivity contribution in [2.45, 2.75) is 25.8 Å². The summed E-state index contributed by atoms with van der Waals surface area (Å²) in [6.07, 6.45) is 0.358. The number of aromatic amines is 1. The first-order chi connectivity index (χ1) is 16.1. The first-order valence-corrected chi connectivity index (χ1v) is 12.3. The largest absolute Gasteiger partial charge is 0.495 e. The van der Waals surface area contributed by atoms with Gasteiger partial charge in [0.1, 0.15) is 11.6 Å². The number of benzene rings is 2. The fraction of sp³-hybridized carbons (Fsp3) is 0.304. The molecule has 11 heteroatoms. The van der Waals surface area contributed by atoms with Crippen molar-refractivity contribution in [3.63, 3.8) is 0 Å². The van der Waals surface area contributed by atoms with Gasteiger partial charge in [0.15, 0.2) is 9.84 Å². The molecule has 2 heterocycles. The van der Waals surface area contributed by atoms with Crippen LogP contribution in [0.15, 0.2) is 36.5 Å². The Balaban J connectivity index is 1.73. The number of hydrogen-bond acceptors (Lipinski definition) is 5. The molecule has 0 spiro atoms. The predicted molar refractivity (Wildman–Crippen MR) is 121 cm³/mol. The van der Waals surface area contributed by atoms with Crippen LogP contribution in [0.5, 0.6) is 5.75 Å². The van der Waals surface area contributed by atoms with Crippen LogP contribution in [0.3, 0.4) is 0 Å². The molecule has 1 amide bonds. The average Bonchev–Trinajstić information content (AvgIpc) is 3.27. The van der Waals surface area contributed by atoms with Gasteiger partial charge in [-0.05, 0) is 25.0 Å². The van der Waals surface area contributed by atoms with Crippen LogP contribution in [0.2, 0.25) is 0 Å². The van der Waals surface area contributed by atoms with Gasteiger partial charge in [-0.15, -0.1) is 0 Å². The third-order valence-electron chi connectivity index (χ3n) is 5.86. The molecule has 2 N–H and O–H groups in total. The van der Waals surface area contributed by atoms with Crippen LogP contribution in [0.25, 0.3) is 16.5 Å². The smallest absolute Gasteiger partial charge is 0.266 e. The number of ether oxygens (including phenoxy) is 1. The maximum absolute atomic E-state index is 14.6. The van der Waals surface area contributed by atoms with E-state index >= 15 is 0 Å². The standard InChI is InChI=1S/C23H22F3N3O4S/c1-12(14-4-3-5-15(19(14)24)22(25)26)28-23(30)17-10-16(13-6-8-34(31,32)9-7-13)21(33-2)18-11-27-29-20(17)18/h3-6,10-12,22H,7-9H2,1-2H3,(H,27,29)(H,28,30)/t12-/m1/s1.